The number of aryl methyl sites for hydroxylation is 1. The second-order valence-corrected chi connectivity index (χ2v) is 6.58. The number of piperidine rings is 1. The zero-order valence-corrected chi connectivity index (χ0v) is 12.0. The molecule has 8 nitrogen and oxygen atoms in total. The molecule has 1 atom stereocenters. The average Bonchev–Trinajstić information content (AvgIpc) is 2.83. The quantitative estimate of drug-likeness (QED) is 0.718. The number of aromatic nitrogens is 2. The number of hydrogen-bond donors (Lipinski definition) is 2. The predicted octanol–water partition coefficient (Wildman–Crippen LogP) is -1.32. The maximum Gasteiger partial charge on any atom is 0.244 e. The molecule has 9 heteroatoms. The van der Waals surface area contributed by atoms with Gasteiger partial charge in [-0.3, -0.25) is 9.48 Å². The van der Waals surface area contributed by atoms with E-state index < -0.39 is 16.1 Å². The summed E-state index contributed by atoms with van der Waals surface area (Å²) in [5, 5.41) is 13.3. The number of carbonyl (C=O) groups is 1. The van der Waals surface area contributed by atoms with Gasteiger partial charge in [0.05, 0.1) is 18.8 Å². The van der Waals surface area contributed by atoms with Gasteiger partial charge in [0.25, 0.3) is 0 Å². The molecule has 2 N–H and O–H groups in total. The summed E-state index contributed by atoms with van der Waals surface area (Å²) >= 11 is 0. The summed E-state index contributed by atoms with van der Waals surface area (Å²) in [6.07, 6.45) is 3.45. The van der Waals surface area contributed by atoms with Gasteiger partial charge in [-0.2, -0.15) is 5.10 Å². The highest BCUT2D eigenvalue weighted by Gasteiger charge is 2.24. The number of rotatable bonds is 4. The fraction of sp³-hybridized carbons (Fsp3) is 0.636. The highest BCUT2D eigenvalue weighted by molar-refractivity contribution is 7.89. The van der Waals surface area contributed by atoms with E-state index in [9.17, 15) is 18.3 Å². The average molecular weight is 302 g/mol. The van der Waals surface area contributed by atoms with Crippen LogP contribution in [0.1, 0.15) is 12.8 Å². The van der Waals surface area contributed by atoms with Crippen molar-refractivity contribution < 1.29 is 18.3 Å². The minimum atomic E-state index is -3.73. The largest absolute Gasteiger partial charge is 0.391 e. The summed E-state index contributed by atoms with van der Waals surface area (Å²) in [6, 6.07) is 0. The van der Waals surface area contributed by atoms with Crippen LogP contribution in [0.25, 0.3) is 0 Å². The Bertz CT molecular complexity index is 583. The number of aliphatic hydroxyl groups is 1. The summed E-state index contributed by atoms with van der Waals surface area (Å²) in [7, 11) is -2.12. The van der Waals surface area contributed by atoms with E-state index >= 15 is 0 Å². The number of likely N-dealkylation sites (tertiary alicyclic amines) is 1. The number of hydrogen-bond acceptors (Lipinski definition) is 5. The van der Waals surface area contributed by atoms with Gasteiger partial charge in [0, 0.05) is 26.3 Å². The van der Waals surface area contributed by atoms with Crippen molar-refractivity contribution in [3.63, 3.8) is 0 Å². The van der Waals surface area contributed by atoms with E-state index in [1.54, 1.807) is 7.05 Å². The number of nitrogens with one attached hydrogen (secondary N) is 1. The molecule has 0 bridgehead atoms. The van der Waals surface area contributed by atoms with E-state index in [4.69, 9.17) is 0 Å². The van der Waals surface area contributed by atoms with Gasteiger partial charge in [0.2, 0.25) is 15.9 Å². The molecule has 1 aromatic heterocycles. The van der Waals surface area contributed by atoms with Crippen molar-refractivity contribution in [2.45, 2.75) is 23.8 Å². The van der Waals surface area contributed by atoms with Crippen LogP contribution in [0.4, 0.5) is 0 Å². The van der Waals surface area contributed by atoms with Gasteiger partial charge in [-0.05, 0) is 12.8 Å². The molecule has 1 aliphatic heterocycles. The number of aliphatic hydroxyl groups excluding tert-OH is 1. The molecule has 2 rings (SSSR count). The molecule has 0 aliphatic carbocycles. The lowest BCUT2D eigenvalue weighted by atomic mass is 10.1. The summed E-state index contributed by atoms with van der Waals surface area (Å²) in [4.78, 5) is 13.4. The summed E-state index contributed by atoms with van der Waals surface area (Å²) < 4.78 is 27.4. The van der Waals surface area contributed by atoms with Crippen LogP contribution in [0.3, 0.4) is 0 Å². The fourth-order valence-electron chi connectivity index (χ4n) is 2.07. The van der Waals surface area contributed by atoms with Crippen LogP contribution in [0.15, 0.2) is 17.3 Å². The van der Waals surface area contributed by atoms with Crippen LogP contribution in [0.5, 0.6) is 0 Å². The number of amides is 1. The third kappa shape index (κ3) is 3.56. The molecule has 0 saturated carbocycles. The highest BCUT2D eigenvalue weighted by atomic mass is 32.2. The summed E-state index contributed by atoms with van der Waals surface area (Å²) in [6.45, 7) is 0.488. The van der Waals surface area contributed by atoms with Gasteiger partial charge in [-0.15, -0.1) is 0 Å². The third-order valence-corrected chi connectivity index (χ3v) is 4.51. The van der Waals surface area contributed by atoms with E-state index in [2.05, 4.69) is 9.82 Å². The first-order valence-corrected chi connectivity index (χ1v) is 7.81. The molecule has 1 aromatic rings. The van der Waals surface area contributed by atoms with Gasteiger partial charge in [-0.1, -0.05) is 0 Å². The fourth-order valence-corrected chi connectivity index (χ4v) is 3.03. The number of nitrogens with zero attached hydrogens (tertiary/aromatic N) is 3. The van der Waals surface area contributed by atoms with Crippen molar-refractivity contribution in [2.24, 2.45) is 7.05 Å². The summed E-state index contributed by atoms with van der Waals surface area (Å²) in [5.41, 5.74) is 0. The topological polar surface area (TPSA) is 105 Å². The monoisotopic (exact) mass is 302 g/mol. The van der Waals surface area contributed by atoms with Gasteiger partial charge in [0.1, 0.15) is 4.90 Å². The number of β-amino-alcohol motifs (C(OH)–C–C–N with tert-alkyl or cyclic N) is 1. The molecular weight excluding hydrogens is 284 g/mol. The molecule has 0 spiro atoms. The Labute approximate surface area is 117 Å². The second-order valence-electron chi connectivity index (χ2n) is 4.81. The molecule has 2 heterocycles. The van der Waals surface area contributed by atoms with E-state index in [0.717, 1.165) is 6.42 Å². The Morgan fingerprint density at radius 3 is 2.95 bits per heavy atom. The molecule has 0 radical (unpaired) electrons. The summed E-state index contributed by atoms with van der Waals surface area (Å²) in [5.74, 6) is -0.337. The van der Waals surface area contributed by atoms with Crippen molar-refractivity contribution in [3.05, 3.63) is 12.4 Å². The Hall–Kier alpha value is -1.45. The van der Waals surface area contributed by atoms with Crippen molar-refractivity contribution in [3.8, 4) is 0 Å². The van der Waals surface area contributed by atoms with E-state index in [0.29, 0.717) is 13.0 Å². The van der Waals surface area contributed by atoms with Crippen LogP contribution in [0.2, 0.25) is 0 Å². The van der Waals surface area contributed by atoms with Crippen molar-refractivity contribution in [1.29, 1.82) is 0 Å². The first-order chi connectivity index (χ1) is 9.38. The third-order valence-electron chi connectivity index (χ3n) is 3.15. The Kier molecular flexibility index (Phi) is 4.41. The molecule has 1 saturated heterocycles. The zero-order valence-electron chi connectivity index (χ0n) is 11.2. The van der Waals surface area contributed by atoms with Crippen LogP contribution in [0, 0.1) is 0 Å². The molecule has 20 heavy (non-hydrogen) atoms. The zero-order chi connectivity index (χ0) is 14.8. The molecular formula is C11H18N4O4S. The Balaban J connectivity index is 1.92. The smallest absolute Gasteiger partial charge is 0.244 e. The molecule has 1 aliphatic rings. The van der Waals surface area contributed by atoms with Crippen LogP contribution in [-0.2, 0) is 21.9 Å². The minimum Gasteiger partial charge on any atom is -0.391 e. The standard InChI is InChI=1S/C11H18N4O4S/c1-14-8-10(5-12-14)20(18,19)13-6-11(17)15-4-2-3-9(16)7-15/h5,8-9,13,16H,2-4,6-7H2,1H3/t9-/m0/s1. The first kappa shape index (κ1) is 14.9. The highest BCUT2D eigenvalue weighted by Crippen LogP contribution is 2.10. The Morgan fingerprint density at radius 2 is 2.35 bits per heavy atom. The van der Waals surface area contributed by atoms with Gasteiger partial charge in [-0.25, -0.2) is 13.1 Å². The second kappa shape index (κ2) is 5.90. The van der Waals surface area contributed by atoms with Crippen molar-refractivity contribution in [2.75, 3.05) is 19.6 Å². The molecule has 0 unspecified atom stereocenters. The lowest BCUT2D eigenvalue weighted by molar-refractivity contribution is -0.132. The SMILES string of the molecule is Cn1cc(S(=O)(=O)NCC(=O)N2CCC[C@H](O)C2)cn1. The van der Waals surface area contributed by atoms with Crippen molar-refractivity contribution >= 4 is 15.9 Å². The van der Waals surface area contributed by atoms with Crippen LogP contribution >= 0.6 is 0 Å². The predicted molar refractivity (Wildman–Crippen MR) is 70.2 cm³/mol. The van der Waals surface area contributed by atoms with E-state index in [1.807, 2.05) is 0 Å². The minimum absolute atomic E-state index is 0.0199. The maximum absolute atomic E-state index is 11.9. The van der Waals surface area contributed by atoms with Crippen molar-refractivity contribution in [1.82, 2.24) is 19.4 Å². The molecule has 0 aromatic carbocycles. The lowest BCUT2D eigenvalue weighted by Gasteiger charge is -2.30. The van der Waals surface area contributed by atoms with Crippen LogP contribution in [-0.4, -0.2) is 59.9 Å². The molecule has 112 valence electrons. The molecule has 1 fully saturated rings. The Morgan fingerprint density at radius 1 is 1.60 bits per heavy atom. The maximum atomic E-state index is 11.9. The van der Waals surface area contributed by atoms with Gasteiger partial charge in [0.15, 0.2) is 0 Å². The normalized spacial score (nSPS) is 20.1. The van der Waals surface area contributed by atoms with E-state index in [-0.39, 0.29) is 23.9 Å². The van der Waals surface area contributed by atoms with E-state index in [1.165, 1.54) is 22.0 Å². The number of carbonyl (C=O) groups excluding carboxylic acids is 1. The van der Waals surface area contributed by atoms with Gasteiger partial charge < -0.3 is 10.0 Å². The number of sulfonamides is 1. The molecule has 1 amide bonds. The lowest BCUT2D eigenvalue weighted by Crippen LogP contribution is -2.46. The van der Waals surface area contributed by atoms with Gasteiger partial charge >= 0.3 is 0 Å². The van der Waals surface area contributed by atoms with Crippen LogP contribution < -0.4 is 4.72 Å². The first-order valence-electron chi connectivity index (χ1n) is 6.32.